The van der Waals surface area contributed by atoms with Gasteiger partial charge in [-0.05, 0) is 58.8 Å². The van der Waals surface area contributed by atoms with Crippen LogP contribution >= 0.6 is 0 Å². The quantitative estimate of drug-likeness (QED) is 0.779. The third-order valence-electron chi connectivity index (χ3n) is 6.38. The van der Waals surface area contributed by atoms with Crippen LogP contribution in [0.1, 0.15) is 66.7 Å². The van der Waals surface area contributed by atoms with E-state index in [1.165, 1.54) is 32.2 Å². The van der Waals surface area contributed by atoms with Crippen LogP contribution in [0.25, 0.3) is 0 Å². The van der Waals surface area contributed by atoms with Crippen LogP contribution in [0.5, 0.6) is 0 Å². The van der Waals surface area contributed by atoms with Crippen LogP contribution in [0.4, 0.5) is 0 Å². The second kappa shape index (κ2) is 6.17. The molecule has 0 radical (unpaired) electrons. The normalized spacial score (nSPS) is 30.6. The van der Waals surface area contributed by atoms with Gasteiger partial charge in [0.2, 0.25) is 0 Å². The van der Waals surface area contributed by atoms with Gasteiger partial charge in [-0.15, -0.1) is 0 Å². The Bertz CT molecular complexity index is 347. The van der Waals surface area contributed by atoms with E-state index in [4.69, 9.17) is 4.74 Å². The summed E-state index contributed by atoms with van der Waals surface area (Å²) in [5.74, 6) is 0.891. The molecular weight excluding hydrogens is 260 g/mol. The van der Waals surface area contributed by atoms with Crippen LogP contribution in [0, 0.1) is 5.92 Å². The molecule has 0 aromatic heterocycles. The zero-order valence-electron chi connectivity index (χ0n) is 15.1. The van der Waals surface area contributed by atoms with Crippen molar-refractivity contribution >= 4 is 0 Å². The number of hydrogen-bond acceptors (Lipinski definition) is 3. The van der Waals surface area contributed by atoms with Gasteiger partial charge < -0.3 is 10.1 Å². The molecule has 21 heavy (non-hydrogen) atoms. The van der Waals surface area contributed by atoms with Crippen molar-refractivity contribution in [3.8, 4) is 0 Å². The van der Waals surface area contributed by atoms with E-state index in [1.54, 1.807) is 0 Å². The number of hydrogen-bond donors (Lipinski definition) is 1. The Balaban J connectivity index is 2.10. The Morgan fingerprint density at radius 2 is 1.86 bits per heavy atom. The van der Waals surface area contributed by atoms with Crippen molar-refractivity contribution in [3.63, 3.8) is 0 Å². The van der Waals surface area contributed by atoms with E-state index in [-0.39, 0.29) is 5.60 Å². The summed E-state index contributed by atoms with van der Waals surface area (Å²) in [6, 6.07) is 0. The Morgan fingerprint density at radius 1 is 1.24 bits per heavy atom. The summed E-state index contributed by atoms with van der Waals surface area (Å²) in [6.07, 6.45) is 6.36. The lowest BCUT2D eigenvalue weighted by Gasteiger charge is -2.54. The van der Waals surface area contributed by atoms with E-state index in [9.17, 15) is 0 Å². The molecule has 1 saturated heterocycles. The van der Waals surface area contributed by atoms with Crippen LogP contribution in [0.15, 0.2) is 0 Å². The first-order chi connectivity index (χ1) is 9.81. The van der Waals surface area contributed by atoms with Crippen LogP contribution in [-0.2, 0) is 4.74 Å². The maximum Gasteiger partial charge on any atom is 0.0634 e. The molecule has 1 N–H and O–H groups in total. The van der Waals surface area contributed by atoms with E-state index in [0.29, 0.717) is 11.1 Å². The van der Waals surface area contributed by atoms with Gasteiger partial charge in [0, 0.05) is 37.8 Å². The number of nitrogens with zero attached hydrogens (tertiary/aromatic N) is 1. The van der Waals surface area contributed by atoms with Crippen molar-refractivity contribution in [1.82, 2.24) is 10.2 Å². The highest BCUT2D eigenvalue weighted by molar-refractivity contribution is 5.08. The molecule has 2 rings (SSSR count). The summed E-state index contributed by atoms with van der Waals surface area (Å²) in [5, 5.41) is 3.91. The van der Waals surface area contributed by atoms with Crippen LogP contribution in [0.3, 0.4) is 0 Å². The minimum atomic E-state index is -0.0174. The summed E-state index contributed by atoms with van der Waals surface area (Å²) in [4.78, 5) is 2.79. The first kappa shape index (κ1) is 17.2. The minimum absolute atomic E-state index is 0.0174. The summed E-state index contributed by atoms with van der Waals surface area (Å²) in [5.41, 5.74) is 0.639. The van der Waals surface area contributed by atoms with Crippen molar-refractivity contribution in [1.29, 1.82) is 0 Å². The lowest BCUT2D eigenvalue weighted by Crippen LogP contribution is -2.70. The molecule has 3 nitrogen and oxygen atoms in total. The SMILES string of the molecule is CCC1(CC)CN(CCC(C)(C)OC)C(C)(C2CC2)CN1. The van der Waals surface area contributed by atoms with Gasteiger partial charge in [-0.25, -0.2) is 0 Å². The van der Waals surface area contributed by atoms with Crippen molar-refractivity contribution in [2.45, 2.75) is 83.4 Å². The molecular formula is C18H36N2O. The molecule has 124 valence electrons. The molecule has 2 aliphatic rings. The van der Waals surface area contributed by atoms with Crippen LogP contribution in [0.2, 0.25) is 0 Å². The summed E-state index contributed by atoms with van der Waals surface area (Å²) in [7, 11) is 1.83. The fourth-order valence-electron chi connectivity index (χ4n) is 3.75. The second-order valence-electron chi connectivity index (χ2n) is 8.11. The van der Waals surface area contributed by atoms with Gasteiger partial charge in [0.05, 0.1) is 5.60 Å². The van der Waals surface area contributed by atoms with Gasteiger partial charge in [0.1, 0.15) is 0 Å². The van der Waals surface area contributed by atoms with Gasteiger partial charge in [-0.3, -0.25) is 4.90 Å². The molecule has 0 aromatic carbocycles. The Kier molecular flexibility index (Phi) is 5.07. The molecule has 0 bridgehead atoms. The third kappa shape index (κ3) is 3.62. The largest absolute Gasteiger partial charge is 0.379 e. The molecule has 2 fully saturated rings. The summed E-state index contributed by atoms with van der Waals surface area (Å²) in [6.45, 7) is 15.0. The lowest BCUT2D eigenvalue weighted by molar-refractivity contribution is -0.0354. The second-order valence-corrected chi connectivity index (χ2v) is 8.11. The Labute approximate surface area is 131 Å². The first-order valence-electron chi connectivity index (χ1n) is 8.86. The smallest absolute Gasteiger partial charge is 0.0634 e. The molecule has 1 unspecified atom stereocenters. The zero-order valence-corrected chi connectivity index (χ0v) is 15.1. The van der Waals surface area contributed by atoms with E-state index in [2.05, 4.69) is 44.8 Å². The molecule has 1 heterocycles. The van der Waals surface area contributed by atoms with E-state index < -0.39 is 0 Å². The highest BCUT2D eigenvalue weighted by atomic mass is 16.5. The van der Waals surface area contributed by atoms with Crippen molar-refractivity contribution in [3.05, 3.63) is 0 Å². The van der Waals surface area contributed by atoms with E-state index >= 15 is 0 Å². The zero-order chi connectivity index (χ0) is 15.7. The van der Waals surface area contributed by atoms with Crippen molar-refractivity contribution < 1.29 is 4.74 Å². The Hall–Kier alpha value is -0.120. The molecule has 0 spiro atoms. The number of piperazine rings is 1. The van der Waals surface area contributed by atoms with Gasteiger partial charge in [0.15, 0.2) is 0 Å². The fraction of sp³-hybridized carbons (Fsp3) is 1.00. The maximum absolute atomic E-state index is 5.64. The monoisotopic (exact) mass is 296 g/mol. The molecule has 3 heteroatoms. The van der Waals surface area contributed by atoms with E-state index in [1.807, 2.05) is 7.11 Å². The van der Waals surface area contributed by atoms with Gasteiger partial charge >= 0.3 is 0 Å². The molecule has 1 aliphatic heterocycles. The molecule has 1 aliphatic carbocycles. The van der Waals surface area contributed by atoms with Gasteiger partial charge in [-0.2, -0.15) is 0 Å². The topological polar surface area (TPSA) is 24.5 Å². The number of rotatable bonds is 7. The number of ether oxygens (including phenoxy) is 1. The highest BCUT2D eigenvalue weighted by Gasteiger charge is 2.50. The van der Waals surface area contributed by atoms with Crippen LogP contribution < -0.4 is 5.32 Å². The van der Waals surface area contributed by atoms with Crippen molar-refractivity contribution in [2.24, 2.45) is 5.92 Å². The summed E-state index contributed by atoms with van der Waals surface area (Å²) >= 11 is 0. The van der Waals surface area contributed by atoms with Crippen LogP contribution in [-0.4, -0.2) is 48.3 Å². The summed E-state index contributed by atoms with van der Waals surface area (Å²) < 4.78 is 5.64. The predicted octanol–water partition coefficient (Wildman–Crippen LogP) is 3.43. The molecule has 0 amide bonds. The van der Waals surface area contributed by atoms with Crippen molar-refractivity contribution in [2.75, 3.05) is 26.7 Å². The standard InChI is InChI=1S/C18H36N2O/c1-7-18(8-2)14-20(12-11-16(3,4)21-6)17(5,13-19-18)15-9-10-15/h15,19H,7-14H2,1-6H3. The highest BCUT2D eigenvalue weighted by Crippen LogP contribution is 2.45. The average molecular weight is 296 g/mol. The lowest BCUT2D eigenvalue weighted by atomic mass is 9.81. The molecule has 1 saturated carbocycles. The predicted molar refractivity (Wildman–Crippen MR) is 89.7 cm³/mol. The number of nitrogens with one attached hydrogen (secondary N) is 1. The average Bonchev–Trinajstić information content (AvgIpc) is 3.32. The van der Waals surface area contributed by atoms with Gasteiger partial charge in [0.25, 0.3) is 0 Å². The number of methoxy groups -OCH3 is 1. The van der Waals surface area contributed by atoms with E-state index in [0.717, 1.165) is 25.4 Å². The minimum Gasteiger partial charge on any atom is -0.379 e. The first-order valence-corrected chi connectivity index (χ1v) is 8.86. The molecule has 0 aromatic rings. The van der Waals surface area contributed by atoms with Gasteiger partial charge in [-0.1, -0.05) is 13.8 Å². The fourth-order valence-corrected chi connectivity index (χ4v) is 3.75. The Morgan fingerprint density at radius 3 is 2.33 bits per heavy atom. The molecule has 1 atom stereocenters. The third-order valence-corrected chi connectivity index (χ3v) is 6.38. The maximum atomic E-state index is 5.64.